The zero-order valence-corrected chi connectivity index (χ0v) is 12.1. The molecule has 0 N–H and O–H groups in total. The van der Waals surface area contributed by atoms with Crippen LogP contribution in [0, 0.1) is 13.8 Å². The minimum Gasteiger partial charge on any atom is -0.361 e. The Morgan fingerprint density at radius 1 is 1.40 bits per heavy atom. The number of aromatic nitrogens is 2. The van der Waals surface area contributed by atoms with E-state index in [1.54, 1.807) is 24.3 Å². The minimum atomic E-state index is 0.105. The Bertz CT molecular complexity index is 559. The van der Waals surface area contributed by atoms with Gasteiger partial charge in [0.2, 0.25) is 5.91 Å². The Balaban J connectivity index is 1.89. The van der Waals surface area contributed by atoms with E-state index in [9.17, 15) is 4.79 Å². The van der Waals surface area contributed by atoms with Crippen LogP contribution < -0.4 is 0 Å². The summed E-state index contributed by atoms with van der Waals surface area (Å²) in [5, 5.41) is 3.90. The van der Waals surface area contributed by atoms with Gasteiger partial charge in [-0.05, 0) is 31.9 Å². The quantitative estimate of drug-likeness (QED) is 0.838. The average Bonchev–Trinajstić information content (AvgIpc) is 2.77. The Kier molecular flexibility index (Phi) is 4.50. The molecule has 0 fully saturated rings. The fraction of sp³-hybridized carbons (Fsp3) is 0.400. The molecule has 0 radical (unpaired) electrons. The number of rotatable bonds is 5. The zero-order chi connectivity index (χ0) is 14.5. The molecule has 0 aromatic carbocycles. The fourth-order valence-corrected chi connectivity index (χ4v) is 2.04. The molecule has 0 aliphatic heterocycles. The Hall–Kier alpha value is -2.17. The van der Waals surface area contributed by atoms with Gasteiger partial charge >= 0.3 is 0 Å². The number of hydrogen-bond donors (Lipinski definition) is 0. The molecule has 0 saturated heterocycles. The van der Waals surface area contributed by atoms with E-state index in [4.69, 9.17) is 4.52 Å². The molecule has 1 amide bonds. The highest BCUT2D eigenvalue weighted by Crippen LogP contribution is 2.15. The first-order valence-electron chi connectivity index (χ1n) is 6.62. The van der Waals surface area contributed by atoms with Crippen LogP contribution >= 0.6 is 0 Å². The first-order chi connectivity index (χ1) is 9.58. The lowest BCUT2D eigenvalue weighted by Gasteiger charge is -2.17. The molecule has 0 spiro atoms. The van der Waals surface area contributed by atoms with Gasteiger partial charge in [-0.25, -0.2) is 0 Å². The number of carbonyl (C=O) groups is 1. The molecule has 20 heavy (non-hydrogen) atoms. The maximum absolute atomic E-state index is 12.1. The lowest BCUT2D eigenvalue weighted by molar-refractivity contribution is -0.130. The Morgan fingerprint density at radius 2 is 2.20 bits per heavy atom. The molecule has 0 aliphatic rings. The van der Waals surface area contributed by atoms with Gasteiger partial charge in [0.15, 0.2) is 0 Å². The lowest BCUT2D eigenvalue weighted by Crippen LogP contribution is -2.26. The molecule has 2 aromatic rings. The molecule has 0 unspecified atom stereocenters. The van der Waals surface area contributed by atoms with Crippen molar-refractivity contribution in [3.05, 3.63) is 47.1 Å². The Morgan fingerprint density at radius 3 is 2.80 bits per heavy atom. The number of carbonyl (C=O) groups excluding carboxylic acids is 1. The molecule has 106 valence electrons. The van der Waals surface area contributed by atoms with Crippen molar-refractivity contribution in [3.63, 3.8) is 0 Å². The van der Waals surface area contributed by atoms with Crippen molar-refractivity contribution in [3.8, 4) is 0 Å². The number of hydrogen-bond acceptors (Lipinski definition) is 4. The number of pyridine rings is 1. The predicted octanol–water partition coefficient (Wildman–Crippen LogP) is 2.28. The molecule has 0 bridgehead atoms. The van der Waals surface area contributed by atoms with Crippen LogP contribution in [0.25, 0.3) is 0 Å². The molecule has 0 saturated carbocycles. The molecular formula is C15H19N3O2. The third kappa shape index (κ3) is 3.44. The standard InChI is InChI=1S/C15H19N3O2/c1-11-14(12(2)20-17-11)10-18(3)15(19)7-6-13-5-4-8-16-9-13/h4-5,8-9H,6-7,10H2,1-3H3. The third-order valence-electron chi connectivity index (χ3n) is 3.35. The molecule has 2 heterocycles. The summed E-state index contributed by atoms with van der Waals surface area (Å²) in [5.41, 5.74) is 2.91. The van der Waals surface area contributed by atoms with E-state index in [-0.39, 0.29) is 5.91 Å². The lowest BCUT2D eigenvalue weighted by atomic mass is 10.1. The largest absolute Gasteiger partial charge is 0.361 e. The second-order valence-corrected chi connectivity index (χ2v) is 4.91. The maximum Gasteiger partial charge on any atom is 0.222 e. The van der Waals surface area contributed by atoms with Crippen LogP contribution in [0.4, 0.5) is 0 Å². The van der Waals surface area contributed by atoms with E-state index in [0.29, 0.717) is 19.4 Å². The summed E-state index contributed by atoms with van der Waals surface area (Å²) in [6.07, 6.45) is 4.71. The van der Waals surface area contributed by atoms with Gasteiger partial charge in [0.25, 0.3) is 0 Å². The van der Waals surface area contributed by atoms with Gasteiger partial charge in [-0.1, -0.05) is 11.2 Å². The van der Waals surface area contributed by atoms with Gasteiger partial charge in [-0.3, -0.25) is 9.78 Å². The van der Waals surface area contributed by atoms with Crippen LogP contribution in [0.5, 0.6) is 0 Å². The highest BCUT2D eigenvalue weighted by atomic mass is 16.5. The average molecular weight is 273 g/mol. The summed E-state index contributed by atoms with van der Waals surface area (Å²) < 4.78 is 5.11. The molecule has 5 heteroatoms. The van der Waals surface area contributed by atoms with Crippen molar-refractivity contribution in [2.75, 3.05) is 7.05 Å². The van der Waals surface area contributed by atoms with Gasteiger partial charge in [0, 0.05) is 31.4 Å². The second-order valence-electron chi connectivity index (χ2n) is 4.91. The normalized spacial score (nSPS) is 10.6. The number of amides is 1. The Labute approximate surface area is 118 Å². The van der Waals surface area contributed by atoms with Crippen LogP contribution in [0.2, 0.25) is 0 Å². The highest BCUT2D eigenvalue weighted by Gasteiger charge is 2.15. The molecule has 0 aliphatic carbocycles. The van der Waals surface area contributed by atoms with E-state index in [1.807, 2.05) is 26.0 Å². The highest BCUT2D eigenvalue weighted by molar-refractivity contribution is 5.76. The smallest absolute Gasteiger partial charge is 0.222 e. The van der Waals surface area contributed by atoms with Gasteiger partial charge in [0.1, 0.15) is 5.76 Å². The second kappa shape index (κ2) is 6.32. The van der Waals surface area contributed by atoms with Crippen LogP contribution in [0.15, 0.2) is 29.0 Å². The topological polar surface area (TPSA) is 59.2 Å². The van der Waals surface area contributed by atoms with Crippen LogP contribution in [0.3, 0.4) is 0 Å². The van der Waals surface area contributed by atoms with Crippen molar-refractivity contribution in [2.45, 2.75) is 33.2 Å². The summed E-state index contributed by atoms with van der Waals surface area (Å²) >= 11 is 0. The summed E-state index contributed by atoms with van der Waals surface area (Å²) in [4.78, 5) is 17.9. The summed E-state index contributed by atoms with van der Waals surface area (Å²) in [7, 11) is 1.80. The van der Waals surface area contributed by atoms with E-state index in [1.165, 1.54) is 0 Å². The van der Waals surface area contributed by atoms with Crippen LogP contribution in [0.1, 0.15) is 29.0 Å². The van der Waals surface area contributed by atoms with Gasteiger partial charge in [-0.15, -0.1) is 0 Å². The van der Waals surface area contributed by atoms with Gasteiger partial charge in [0.05, 0.1) is 12.2 Å². The van der Waals surface area contributed by atoms with Gasteiger partial charge < -0.3 is 9.42 Å². The van der Waals surface area contributed by atoms with Gasteiger partial charge in [-0.2, -0.15) is 0 Å². The van der Waals surface area contributed by atoms with Crippen molar-refractivity contribution in [1.29, 1.82) is 0 Å². The third-order valence-corrected chi connectivity index (χ3v) is 3.35. The first-order valence-corrected chi connectivity index (χ1v) is 6.62. The van der Waals surface area contributed by atoms with E-state index < -0.39 is 0 Å². The number of nitrogens with zero attached hydrogens (tertiary/aromatic N) is 3. The van der Waals surface area contributed by atoms with Crippen LogP contribution in [-0.2, 0) is 17.8 Å². The maximum atomic E-state index is 12.1. The van der Waals surface area contributed by atoms with Crippen molar-refractivity contribution >= 4 is 5.91 Å². The molecule has 0 atom stereocenters. The molecule has 2 aromatic heterocycles. The van der Waals surface area contributed by atoms with E-state index >= 15 is 0 Å². The van der Waals surface area contributed by atoms with Crippen LogP contribution in [-0.4, -0.2) is 28.0 Å². The summed E-state index contributed by atoms with van der Waals surface area (Å²) in [5.74, 6) is 0.878. The number of aryl methyl sites for hydroxylation is 3. The molecule has 2 rings (SSSR count). The monoisotopic (exact) mass is 273 g/mol. The van der Waals surface area contributed by atoms with Crippen molar-refractivity contribution in [1.82, 2.24) is 15.0 Å². The zero-order valence-electron chi connectivity index (χ0n) is 12.1. The summed E-state index contributed by atoms with van der Waals surface area (Å²) in [6, 6.07) is 3.86. The van der Waals surface area contributed by atoms with E-state index in [0.717, 1.165) is 22.6 Å². The minimum absolute atomic E-state index is 0.105. The first kappa shape index (κ1) is 14.2. The van der Waals surface area contributed by atoms with Crippen molar-refractivity contribution in [2.24, 2.45) is 0 Å². The van der Waals surface area contributed by atoms with E-state index in [2.05, 4.69) is 10.1 Å². The summed E-state index contributed by atoms with van der Waals surface area (Å²) in [6.45, 7) is 4.29. The SMILES string of the molecule is Cc1noc(C)c1CN(C)C(=O)CCc1cccnc1. The predicted molar refractivity (Wildman–Crippen MR) is 75.0 cm³/mol. The molecular weight excluding hydrogens is 254 g/mol. The molecule has 5 nitrogen and oxygen atoms in total. The fourth-order valence-electron chi connectivity index (χ4n) is 2.04. The van der Waals surface area contributed by atoms with Crippen molar-refractivity contribution < 1.29 is 9.32 Å².